The highest BCUT2D eigenvalue weighted by Crippen LogP contribution is 2.56. The molecule has 0 aromatic heterocycles. The van der Waals surface area contributed by atoms with E-state index in [1.807, 2.05) is 6.08 Å². The van der Waals surface area contributed by atoms with Crippen molar-refractivity contribution in [2.45, 2.75) is 55.8 Å². The van der Waals surface area contributed by atoms with Crippen LogP contribution >= 0.6 is 0 Å². The van der Waals surface area contributed by atoms with E-state index in [2.05, 4.69) is 0 Å². The Hall–Kier alpha value is -1.58. The summed E-state index contributed by atoms with van der Waals surface area (Å²) in [7, 11) is 0. The van der Waals surface area contributed by atoms with Crippen LogP contribution in [0, 0.1) is 32.1 Å². The molecule has 0 unspecified atom stereocenters. The second-order valence-corrected chi connectivity index (χ2v) is 6.96. The van der Waals surface area contributed by atoms with Crippen LogP contribution in [-0.4, -0.2) is 53.1 Å². The summed E-state index contributed by atoms with van der Waals surface area (Å²) >= 11 is 0. The van der Waals surface area contributed by atoms with Gasteiger partial charge in [0.15, 0.2) is 6.29 Å². The lowest BCUT2D eigenvalue weighted by molar-refractivity contribution is -0.549. The zero-order chi connectivity index (χ0) is 16.9. The molecule has 9 nitrogen and oxygen atoms in total. The van der Waals surface area contributed by atoms with E-state index in [4.69, 9.17) is 14.2 Å². The predicted molar refractivity (Wildman–Crippen MR) is 79.4 cm³/mol. The molecule has 3 aliphatic heterocycles. The average Bonchev–Trinajstić information content (AvgIpc) is 3.25. The van der Waals surface area contributed by atoms with Gasteiger partial charge in [-0.1, -0.05) is 12.2 Å². The van der Waals surface area contributed by atoms with Gasteiger partial charge in [0.1, 0.15) is 11.7 Å². The minimum Gasteiger partial charge on any atom is -0.355 e. The van der Waals surface area contributed by atoms with Crippen LogP contribution in [0.25, 0.3) is 0 Å². The maximum Gasteiger partial charge on any atom is 0.248 e. The largest absolute Gasteiger partial charge is 0.355 e. The standard InChI is InChI=1S/C15H20N2O7/c18-16(19)11-3-1-10-14(17(20)21)12-5-6-15(10,24-12)9(11)2-4-13-22-7-8-23-13/h5-6,9-14H,1-4,7-8H2/t9-,10-,11-,12-,14-,15-/m0/s1. The highest BCUT2D eigenvalue weighted by atomic mass is 16.7. The Balaban J connectivity index is 1.60. The summed E-state index contributed by atoms with van der Waals surface area (Å²) in [5.41, 5.74) is -0.892. The van der Waals surface area contributed by atoms with E-state index in [1.165, 1.54) is 0 Å². The van der Waals surface area contributed by atoms with Gasteiger partial charge < -0.3 is 14.2 Å². The summed E-state index contributed by atoms with van der Waals surface area (Å²) in [4.78, 5) is 22.5. The lowest BCUT2D eigenvalue weighted by Crippen LogP contribution is -2.55. The van der Waals surface area contributed by atoms with Crippen molar-refractivity contribution in [1.82, 2.24) is 0 Å². The van der Waals surface area contributed by atoms with E-state index in [0.717, 1.165) is 0 Å². The molecule has 9 heteroatoms. The van der Waals surface area contributed by atoms with Crippen LogP contribution in [-0.2, 0) is 14.2 Å². The van der Waals surface area contributed by atoms with E-state index in [9.17, 15) is 20.2 Å². The van der Waals surface area contributed by atoms with Crippen molar-refractivity contribution in [3.8, 4) is 0 Å². The van der Waals surface area contributed by atoms with Crippen molar-refractivity contribution in [3.05, 3.63) is 32.4 Å². The van der Waals surface area contributed by atoms with Crippen molar-refractivity contribution < 1.29 is 24.1 Å². The molecule has 1 aliphatic carbocycles. The second-order valence-electron chi connectivity index (χ2n) is 6.96. The fourth-order valence-electron chi connectivity index (χ4n) is 5.01. The summed E-state index contributed by atoms with van der Waals surface area (Å²) in [6.07, 6.45) is 4.47. The maximum atomic E-state index is 11.6. The van der Waals surface area contributed by atoms with Gasteiger partial charge in [-0.3, -0.25) is 20.2 Å². The van der Waals surface area contributed by atoms with Gasteiger partial charge in [-0.25, -0.2) is 0 Å². The fourth-order valence-corrected chi connectivity index (χ4v) is 5.01. The molecule has 0 N–H and O–H groups in total. The van der Waals surface area contributed by atoms with Crippen molar-refractivity contribution in [3.63, 3.8) is 0 Å². The topological polar surface area (TPSA) is 114 Å². The van der Waals surface area contributed by atoms with Gasteiger partial charge in [0.25, 0.3) is 0 Å². The van der Waals surface area contributed by atoms with Crippen LogP contribution in [0.1, 0.15) is 25.7 Å². The molecule has 4 rings (SSSR count). The third-order valence-corrected chi connectivity index (χ3v) is 5.95. The number of hydrogen-bond donors (Lipinski definition) is 0. The Labute approximate surface area is 138 Å². The summed E-state index contributed by atoms with van der Waals surface area (Å²) in [5, 5.41) is 23.0. The summed E-state index contributed by atoms with van der Waals surface area (Å²) in [6, 6.07) is -1.55. The Bertz CT molecular complexity index is 576. The van der Waals surface area contributed by atoms with Crippen LogP contribution in [0.15, 0.2) is 12.2 Å². The van der Waals surface area contributed by atoms with Gasteiger partial charge in [0.05, 0.1) is 25.0 Å². The quantitative estimate of drug-likeness (QED) is 0.419. The minimum absolute atomic E-state index is 0.254. The normalized spacial score (nSPS) is 43.9. The van der Waals surface area contributed by atoms with Crippen molar-refractivity contribution in [2.75, 3.05) is 13.2 Å². The third kappa shape index (κ3) is 2.26. The Morgan fingerprint density at radius 1 is 1.08 bits per heavy atom. The first kappa shape index (κ1) is 15.9. The van der Waals surface area contributed by atoms with Crippen molar-refractivity contribution in [2.24, 2.45) is 11.8 Å². The number of fused-ring (bicyclic) bond motifs is 1. The van der Waals surface area contributed by atoms with Crippen molar-refractivity contribution >= 4 is 0 Å². The molecule has 0 amide bonds. The molecule has 24 heavy (non-hydrogen) atoms. The molecule has 2 saturated heterocycles. The first-order chi connectivity index (χ1) is 11.5. The Kier molecular flexibility index (Phi) is 3.81. The number of nitrogens with zero attached hydrogens (tertiary/aromatic N) is 2. The van der Waals surface area contributed by atoms with Gasteiger partial charge in [-0.2, -0.15) is 0 Å². The molecule has 3 heterocycles. The predicted octanol–water partition coefficient (Wildman–Crippen LogP) is 1.16. The summed E-state index contributed by atoms with van der Waals surface area (Å²) < 4.78 is 16.9. The molecule has 4 aliphatic rings. The highest BCUT2D eigenvalue weighted by molar-refractivity contribution is 5.27. The maximum absolute atomic E-state index is 11.6. The van der Waals surface area contributed by atoms with Crippen LogP contribution in [0.2, 0.25) is 0 Å². The van der Waals surface area contributed by atoms with Crippen LogP contribution in [0.5, 0.6) is 0 Å². The lowest BCUT2D eigenvalue weighted by atomic mass is 9.62. The molecule has 0 aromatic rings. The summed E-state index contributed by atoms with van der Waals surface area (Å²) in [6.45, 7) is 1.06. The molecule has 0 radical (unpaired) electrons. The van der Waals surface area contributed by atoms with Crippen LogP contribution in [0.3, 0.4) is 0 Å². The zero-order valence-electron chi connectivity index (χ0n) is 13.1. The van der Waals surface area contributed by atoms with E-state index in [1.54, 1.807) is 6.08 Å². The minimum atomic E-state index is -0.892. The first-order valence-electron chi connectivity index (χ1n) is 8.40. The third-order valence-electron chi connectivity index (χ3n) is 5.95. The van der Waals surface area contributed by atoms with E-state index < -0.39 is 29.7 Å². The highest BCUT2D eigenvalue weighted by Gasteiger charge is 2.69. The Morgan fingerprint density at radius 3 is 2.50 bits per heavy atom. The van der Waals surface area contributed by atoms with Gasteiger partial charge in [-0.05, 0) is 19.3 Å². The molecule has 3 fully saturated rings. The first-order valence-corrected chi connectivity index (χ1v) is 8.40. The van der Waals surface area contributed by atoms with Gasteiger partial charge >= 0.3 is 0 Å². The molecule has 0 aromatic carbocycles. The van der Waals surface area contributed by atoms with Crippen LogP contribution < -0.4 is 0 Å². The molecule has 1 saturated carbocycles. The molecular formula is C15H20N2O7. The average molecular weight is 340 g/mol. The lowest BCUT2D eigenvalue weighted by Gasteiger charge is -2.43. The SMILES string of the molecule is O=[N+]([O-])[C@@H]1[C@@H]2C=C[C@@]3(O2)[C@H]1CC[C@H]([N+](=O)[O-])[C@@H]3CCC1OCCO1. The molecule has 6 atom stereocenters. The Morgan fingerprint density at radius 2 is 1.83 bits per heavy atom. The molecule has 2 bridgehead atoms. The fraction of sp³-hybridized carbons (Fsp3) is 0.867. The second kappa shape index (κ2) is 5.75. The number of nitro groups is 2. The number of rotatable bonds is 5. The van der Waals surface area contributed by atoms with E-state index in [0.29, 0.717) is 38.9 Å². The van der Waals surface area contributed by atoms with Gasteiger partial charge in [0.2, 0.25) is 12.1 Å². The monoisotopic (exact) mass is 340 g/mol. The van der Waals surface area contributed by atoms with Gasteiger partial charge in [0, 0.05) is 16.3 Å². The van der Waals surface area contributed by atoms with E-state index >= 15 is 0 Å². The number of hydrogen-bond acceptors (Lipinski definition) is 7. The number of ether oxygens (including phenoxy) is 3. The molecular weight excluding hydrogens is 320 g/mol. The summed E-state index contributed by atoms with van der Waals surface area (Å²) in [5.74, 6) is -0.695. The zero-order valence-corrected chi connectivity index (χ0v) is 13.1. The smallest absolute Gasteiger partial charge is 0.248 e. The molecule has 132 valence electrons. The molecule has 1 spiro atoms. The van der Waals surface area contributed by atoms with Gasteiger partial charge in [-0.15, -0.1) is 0 Å². The van der Waals surface area contributed by atoms with E-state index in [-0.39, 0.29) is 22.1 Å². The van der Waals surface area contributed by atoms with Crippen molar-refractivity contribution in [1.29, 1.82) is 0 Å². The van der Waals surface area contributed by atoms with Crippen LogP contribution in [0.4, 0.5) is 0 Å².